The molecule has 0 spiro atoms. The molecule has 1 aliphatic rings. The minimum absolute atomic E-state index is 0.0284. The van der Waals surface area contributed by atoms with E-state index in [0.29, 0.717) is 16.1 Å². The van der Waals surface area contributed by atoms with Crippen LogP contribution in [0.15, 0.2) is 11.4 Å². The molecule has 2 aromatic heterocycles. The number of aromatic nitrogens is 4. The van der Waals surface area contributed by atoms with Crippen LogP contribution in [-0.2, 0) is 24.0 Å². The molecule has 0 radical (unpaired) electrons. The molecule has 1 aliphatic heterocycles. The molecule has 0 aliphatic carbocycles. The lowest BCUT2D eigenvalue weighted by molar-refractivity contribution is -0.115. The first-order chi connectivity index (χ1) is 12.7. The maximum absolute atomic E-state index is 11.1. The molecule has 0 unspecified atom stereocenters. The smallest absolute Gasteiger partial charge is 0.333 e. The van der Waals surface area contributed by atoms with Gasteiger partial charge < -0.3 is 21.3 Å². The second-order valence-electron chi connectivity index (χ2n) is 5.67. The number of amides is 1. The summed E-state index contributed by atoms with van der Waals surface area (Å²) in [5.41, 5.74) is 11.4. The van der Waals surface area contributed by atoms with Crippen molar-refractivity contribution < 1.29 is 27.2 Å². The maximum atomic E-state index is 11.1. The summed E-state index contributed by atoms with van der Waals surface area (Å²) < 4.78 is 33.3. The van der Waals surface area contributed by atoms with Crippen molar-refractivity contribution in [1.82, 2.24) is 19.7 Å². The topological polar surface area (TPSA) is 212 Å². The highest BCUT2D eigenvalue weighted by molar-refractivity contribution is 8.00. The second kappa shape index (κ2) is 7.53. The average molecular weight is 419 g/mol. The van der Waals surface area contributed by atoms with Crippen LogP contribution in [0.3, 0.4) is 0 Å². The van der Waals surface area contributed by atoms with Gasteiger partial charge >= 0.3 is 10.3 Å². The number of carbonyl (C=O) groups excluding carboxylic acids is 1. The fourth-order valence-electron chi connectivity index (χ4n) is 2.58. The Morgan fingerprint density at radius 2 is 2.22 bits per heavy atom. The number of ether oxygens (including phenoxy) is 1. The van der Waals surface area contributed by atoms with Crippen molar-refractivity contribution in [3.05, 3.63) is 6.33 Å². The first kappa shape index (κ1) is 19.7. The quantitative estimate of drug-likeness (QED) is 0.355. The van der Waals surface area contributed by atoms with E-state index < -0.39 is 41.3 Å². The van der Waals surface area contributed by atoms with Crippen LogP contribution < -0.4 is 16.6 Å². The van der Waals surface area contributed by atoms with Crippen molar-refractivity contribution in [2.24, 2.45) is 10.9 Å². The predicted octanol–water partition coefficient (Wildman–Crippen LogP) is -2.15. The van der Waals surface area contributed by atoms with Gasteiger partial charge in [0.25, 0.3) is 0 Å². The molecule has 1 saturated heterocycles. The molecular weight excluding hydrogens is 402 g/mol. The van der Waals surface area contributed by atoms with E-state index in [1.165, 1.54) is 11.0 Å². The van der Waals surface area contributed by atoms with E-state index in [1.807, 2.05) is 0 Å². The number of thioether (sulfide) groups is 1. The number of nitrogens with zero attached hydrogens (tertiary/aromatic N) is 4. The van der Waals surface area contributed by atoms with Crippen LogP contribution in [0.4, 0.5) is 5.82 Å². The first-order valence-electron chi connectivity index (χ1n) is 7.56. The second-order valence-corrected chi connectivity index (χ2v) is 7.86. The number of aliphatic hydroxyl groups is 1. The van der Waals surface area contributed by atoms with Gasteiger partial charge in [-0.25, -0.2) is 19.8 Å². The van der Waals surface area contributed by atoms with E-state index in [-0.39, 0.29) is 18.0 Å². The van der Waals surface area contributed by atoms with Gasteiger partial charge in [0.05, 0.1) is 23.8 Å². The average Bonchev–Trinajstić information content (AvgIpc) is 3.12. The van der Waals surface area contributed by atoms with Gasteiger partial charge in [0.15, 0.2) is 11.9 Å². The Kier molecular flexibility index (Phi) is 5.50. The van der Waals surface area contributed by atoms with Gasteiger partial charge in [-0.15, -0.1) is 0 Å². The Labute approximate surface area is 157 Å². The number of nitrogens with two attached hydrogens (primary N) is 3. The Hall–Kier alpha value is -2.04. The molecule has 3 atom stereocenters. The van der Waals surface area contributed by atoms with Crippen LogP contribution >= 0.6 is 11.8 Å². The molecule has 1 fully saturated rings. The monoisotopic (exact) mass is 419 g/mol. The number of carbonyl (C=O) groups is 1. The third-order valence-electron chi connectivity index (χ3n) is 3.71. The fraction of sp³-hybridized carbons (Fsp3) is 0.500. The molecule has 0 aromatic carbocycles. The largest absolute Gasteiger partial charge is 0.390 e. The SMILES string of the molecule is NC(=O)CSc1nn([C@H]2C[C@H](O)[C@@H](COS(N)(=O)=O)O2)c2ncnc(N)c12. The Bertz CT molecular complexity index is 965. The molecule has 13 nitrogen and oxygen atoms in total. The standard InChI is InChI=1S/C12H17N7O6S2/c13-7(21)3-26-12-9-10(14)16-4-17-11(9)19(18-12)8-1-5(20)6(25-8)2-24-27(15,22)23/h4-6,8,20H,1-3H2,(H2,13,21)(H2,14,16,17)(H2,15,22,23)/t5-,6+,8+/m0/s1. The normalized spacial score (nSPS) is 23.1. The van der Waals surface area contributed by atoms with Crippen molar-refractivity contribution in [1.29, 1.82) is 0 Å². The molecule has 0 bridgehead atoms. The number of anilines is 1. The van der Waals surface area contributed by atoms with Crippen LogP contribution in [0.2, 0.25) is 0 Å². The van der Waals surface area contributed by atoms with Gasteiger partial charge in [-0.05, 0) is 0 Å². The van der Waals surface area contributed by atoms with Crippen LogP contribution in [-0.4, -0.2) is 63.7 Å². The summed E-state index contributed by atoms with van der Waals surface area (Å²) in [6.45, 7) is -0.448. The van der Waals surface area contributed by atoms with Crippen molar-refractivity contribution in [2.75, 3.05) is 18.1 Å². The molecule has 148 valence electrons. The summed E-state index contributed by atoms with van der Waals surface area (Å²) in [7, 11) is -4.17. The van der Waals surface area contributed by atoms with Gasteiger partial charge in [-0.1, -0.05) is 11.8 Å². The molecule has 3 rings (SSSR count). The molecule has 3 heterocycles. The highest BCUT2D eigenvalue weighted by atomic mass is 32.2. The van der Waals surface area contributed by atoms with Crippen molar-refractivity contribution in [2.45, 2.75) is 29.9 Å². The Balaban J connectivity index is 1.88. The first-order valence-corrected chi connectivity index (χ1v) is 10.0. The maximum Gasteiger partial charge on any atom is 0.333 e. The van der Waals surface area contributed by atoms with E-state index in [9.17, 15) is 18.3 Å². The Morgan fingerprint density at radius 1 is 1.48 bits per heavy atom. The minimum atomic E-state index is -4.17. The molecular formula is C12H17N7O6S2. The summed E-state index contributed by atoms with van der Waals surface area (Å²) in [6.07, 6.45) is -1.39. The summed E-state index contributed by atoms with van der Waals surface area (Å²) in [5, 5.41) is 20.1. The lowest BCUT2D eigenvalue weighted by Gasteiger charge is -2.14. The van der Waals surface area contributed by atoms with Crippen molar-refractivity contribution >= 4 is 44.8 Å². The summed E-state index contributed by atoms with van der Waals surface area (Å²) in [5.74, 6) is -0.406. The predicted molar refractivity (Wildman–Crippen MR) is 93.2 cm³/mol. The van der Waals surface area contributed by atoms with Crippen LogP contribution in [0, 0.1) is 0 Å². The zero-order chi connectivity index (χ0) is 19.8. The number of nitrogen functional groups attached to an aromatic ring is 1. The third kappa shape index (κ3) is 4.45. The van der Waals surface area contributed by atoms with Gasteiger partial charge in [0.1, 0.15) is 23.3 Å². The van der Waals surface area contributed by atoms with E-state index in [2.05, 4.69) is 19.2 Å². The van der Waals surface area contributed by atoms with Crippen LogP contribution in [0.5, 0.6) is 0 Å². The molecule has 2 aromatic rings. The summed E-state index contributed by atoms with van der Waals surface area (Å²) in [4.78, 5) is 19.1. The molecule has 0 saturated carbocycles. The van der Waals surface area contributed by atoms with Gasteiger partial charge in [0, 0.05) is 6.42 Å². The zero-order valence-electron chi connectivity index (χ0n) is 13.8. The molecule has 7 N–H and O–H groups in total. The van der Waals surface area contributed by atoms with Gasteiger partial charge in [-0.3, -0.25) is 8.98 Å². The number of primary amides is 1. The highest BCUT2D eigenvalue weighted by Crippen LogP contribution is 2.35. The number of aliphatic hydroxyl groups excluding tert-OH is 1. The fourth-order valence-corrected chi connectivity index (χ4v) is 3.67. The third-order valence-corrected chi connectivity index (χ3v) is 5.16. The van der Waals surface area contributed by atoms with Crippen LogP contribution in [0.1, 0.15) is 12.6 Å². The van der Waals surface area contributed by atoms with Gasteiger partial charge in [-0.2, -0.15) is 13.5 Å². The number of hydrogen-bond acceptors (Lipinski definition) is 11. The highest BCUT2D eigenvalue weighted by Gasteiger charge is 2.37. The molecule has 27 heavy (non-hydrogen) atoms. The molecule has 15 heteroatoms. The van der Waals surface area contributed by atoms with Crippen molar-refractivity contribution in [3.8, 4) is 0 Å². The number of rotatable bonds is 7. The van der Waals surface area contributed by atoms with E-state index >= 15 is 0 Å². The minimum Gasteiger partial charge on any atom is -0.390 e. The van der Waals surface area contributed by atoms with E-state index in [4.69, 9.17) is 21.3 Å². The Morgan fingerprint density at radius 3 is 2.89 bits per heavy atom. The van der Waals surface area contributed by atoms with Crippen molar-refractivity contribution in [3.63, 3.8) is 0 Å². The van der Waals surface area contributed by atoms with E-state index in [0.717, 1.165) is 11.8 Å². The number of hydrogen-bond donors (Lipinski definition) is 4. The zero-order valence-corrected chi connectivity index (χ0v) is 15.4. The molecule has 1 amide bonds. The number of fused-ring (bicyclic) bond motifs is 1. The van der Waals surface area contributed by atoms with Gasteiger partial charge in [0.2, 0.25) is 5.91 Å². The summed E-state index contributed by atoms with van der Waals surface area (Å²) >= 11 is 1.06. The lowest BCUT2D eigenvalue weighted by atomic mass is 10.2. The summed E-state index contributed by atoms with van der Waals surface area (Å²) in [6, 6.07) is 0. The van der Waals surface area contributed by atoms with Crippen LogP contribution in [0.25, 0.3) is 11.0 Å². The van der Waals surface area contributed by atoms with E-state index in [1.54, 1.807) is 0 Å². The lowest BCUT2D eigenvalue weighted by Crippen LogP contribution is -2.30.